The van der Waals surface area contributed by atoms with Crippen molar-refractivity contribution in [1.82, 2.24) is 10.3 Å². The quantitative estimate of drug-likeness (QED) is 0.818. The van der Waals surface area contributed by atoms with E-state index in [2.05, 4.69) is 51.0 Å². The van der Waals surface area contributed by atoms with E-state index in [1.54, 1.807) is 0 Å². The van der Waals surface area contributed by atoms with Crippen molar-refractivity contribution < 1.29 is 4.74 Å². The molecule has 0 unspecified atom stereocenters. The van der Waals surface area contributed by atoms with Crippen LogP contribution in [0.4, 0.5) is 0 Å². The standard InChI is InChI=1S/C16H28N2O/c1-11(2)8-17-9-15-13(5)7-14(6)18-16(15)19-10-12(3)4/h7,11-12,17H,8-10H2,1-6H3. The topological polar surface area (TPSA) is 34.1 Å². The van der Waals surface area contributed by atoms with E-state index < -0.39 is 0 Å². The van der Waals surface area contributed by atoms with E-state index in [1.165, 1.54) is 11.1 Å². The van der Waals surface area contributed by atoms with Crippen molar-refractivity contribution in [2.75, 3.05) is 13.2 Å². The van der Waals surface area contributed by atoms with Gasteiger partial charge in [-0.05, 0) is 43.9 Å². The number of hydrogen-bond acceptors (Lipinski definition) is 3. The van der Waals surface area contributed by atoms with Crippen molar-refractivity contribution in [3.05, 3.63) is 22.9 Å². The number of nitrogens with one attached hydrogen (secondary N) is 1. The molecule has 0 saturated carbocycles. The number of ether oxygens (including phenoxy) is 1. The minimum absolute atomic E-state index is 0.513. The van der Waals surface area contributed by atoms with E-state index in [0.717, 1.165) is 24.7 Å². The summed E-state index contributed by atoms with van der Waals surface area (Å²) in [6.45, 7) is 15.4. The Morgan fingerprint density at radius 1 is 1.16 bits per heavy atom. The van der Waals surface area contributed by atoms with Crippen LogP contribution >= 0.6 is 0 Å². The van der Waals surface area contributed by atoms with Crippen LogP contribution in [0.15, 0.2) is 6.07 Å². The van der Waals surface area contributed by atoms with Gasteiger partial charge in [0.1, 0.15) is 0 Å². The lowest BCUT2D eigenvalue weighted by molar-refractivity contribution is 0.257. The third kappa shape index (κ3) is 5.60. The molecule has 0 bridgehead atoms. The highest BCUT2D eigenvalue weighted by Gasteiger charge is 2.11. The Balaban J connectivity index is 2.80. The number of rotatable bonds is 7. The third-order valence-corrected chi connectivity index (χ3v) is 2.85. The monoisotopic (exact) mass is 264 g/mol. The van der Waals surface area contributed by atoms with Crippen molar-refractivity contribution in [1.29, 1.82) is 0 Å². The van der Waals surface area contributed by atoms with E-state index >= 15 is 0 Å². The summed E-state index contributed by atoms with van der Waals surface area (Å²) in [5.74, 6) is 1.96. The Bertz CT molecular complexity index is 400. The Morgan fingerprint density at radius 2 is 1.84 bits per heavy atom. The second-order valence-electron chi connectivity index (χ2n) is 6.09. The number of nitrogens with zero attached hydrogens (tertiary/aromatic N) is 1. The molecule has 0 atom stereocenters. The first-order chi connectivity index (χ1) is 8.90. The molecule has 1 aromatic heterocycles. The fourth-order valence-corrected chi connectivity index (χ4v) is 1.89. The first-order valence-corrected chi connectivity index (χ1v) is 7.20. The molecule has 0 amide bonds. The van der Waals surface area contributed by atoms with Crippen LogP contribution in [0, 0.1) is 25.7 Å². The third-order valence-electron chi connectivity index (χ3n) is 2.85. The van der Waals surface area contributed by atoms with E-state index in [1.807, 2.05) is 6.92 Å². The van der Waals surface area contributed by atoms with Gasteiger partial charge in [0.25, 0.3) is 0 Å². The molecule has 0 aliphatic rings. The largest absolute Gasteiger partial charge is 0.477 e. The molecule has 108 valence electrons. The van der Waals surface area contributed by atoms with Crippen molar-refractivity contribution in [2.45, 2.75) is 48.1 Å². The van der Waals surface area contributed by atoms with E-state index in [9.17, 15) is 0 Å². The molecule has 0 fully saturated rings. The molecule has 19 heavy (non-hydrogen) atoms. The van der Waals surface area contributed by atoms with Gasteiger partial charge in [-0.25, -0.2) is 4.98 Å². The SMILES string of the molecule is Cc1cc(C)c(CNCC(C)C)c(OCC(C)C)n1. The molecule has 0 aliphatic heterocycles. The highest BCUT2D eigenvalue weighted by molar-refractivity contribution is 5.35. The predicted molar refractivity (Wildman–Crippen MR) is 80.6 cm³/mol. The summed E-state index contributed by atoms with van der Waals surface area (Å²) in [7, 11) is 0. The molecule has 3 nitrogen and oxygen atoms in total. The van der Waals surface area contributed by atoms with E-state index in [4.69, 9.17) is 4.74 Å². The highest BCUT2D eigenvalue weighted by Crippen LogP contribution is 2.21. The normalized spacial score (nSPS) is 11.4. The Hall–Kier alpha value is -1.09. The number of hydrogen-bond donors (Lipinski definition) is 1. The molecule has 0 spiro atoms. The van der Waals surface area contributed by atoms with Gasteiger partial charge in [0.05, 0.1) is 6.61 Å². The summed E-state index contributed by atoms with van der Waals surface area (Å²) in [5, 5.41) is 3.47. The molecule has 0 aliphatic carbocycles. The van der Waals surface area contributed by atoms with Crippen LogP contribution in [0.5, 0.6) is 5.88 Å². The Labute approximate surface area is 117 Å². The van der Waals surface area contributed by atoms with Crippen molar-refractivity contribution in [3.63, 3.8) is 0 Å². The molecular weight excluding hydrogens is 236 g/mol. The zero-order valence-electron chi connectivity index (χ0n) is 13.2. The minimum Gasteiger partial charge on any atom is -0.477 e. The zero-order chi connectivity index (χ0) is 14.4. The van der Waals surface area contributed by atoms with Gasteiger partial charge in [-0.1, -0.05) is 27.7 Å². The summed E-state index contributed by atoms with van der Waals surface area (Å²) in [6, 6.07) is 2.12. The van der Waals surface area contributed by atoms with Crippen molar-refractivity contribution >= 4 is 0 Å². The molecule has 3 heteroatoms. The first-order valence-electron chi connectivity index (χ1n) is 7.20. The van der Waals surface area contributed by atoms with Gasteiger partial charge >= 0.3 is 0 Å². The van der Waals surface area contributed by atoms with Crippen LogP contribution in [0.25, 0.3) is 0 Å². The lowest BCUT2D eigenvalue weighted by Crippen LogP contribution is -2.21. The van der Waals surface area contributed by atoms with Gasteiger partial charge in [0.15, 0.2) is 0 Å². The van der Waals surface area contributed by atoms with Crippen LogP contribution in [0.3, 0.4) is 0 Å². The second kappa shape index (κ2) is 7.49. The highest BCUT2D eigenvalue weighted by atomic mass is 16.5. The summed E-state index contributed by atoms with van der Waals surface area (Å²) in [4.78, 5) is 4.54. The number of aryl methyl sites for hydroxylation is 2. The smallest absolute Gasteiger partial charge is 0.218 e. The van der Waals surface area contributed by atoms with Gasteiger partial charge < -0.3 is 10.1 Å². The summed E-state index contributed by atoms with van der Waals surface area (Å²) in [5.41, 5.74) is 3.46. The van der Waals surface area contributed by atoms with Gasteiger partial charge in [-0.2, -0.15) is 0 Å². The summed E-state index contributed by atoms with van der Waals surface area (Å²) < 4.78 is 5.87. The molecular formula is C16H28N2O. The maximum Gasteiger partial charge on any atom is 0.218 e. The number of aromatic nitrogens is 1. The molecule has 0 saturated heterocycles. The minimum atomic E-state index is 0.513. The lowest BCUT2D eigenvalue weighted by atomic mass is 10.1. The summed E-state index contributed by atoms with van der Waals surface area (Å²) in [6.07, 6.45) is 0. The summed E-state index contributed by atoms with van der Waals surface area (Å²) >= 11 is 0. The molecule has 0 radical (unpaired) electrons. The van der Waals surface area contributed by atoms with Crippen LogP contribution < -0.4 is 10.1 Å². The second-order valence-corrected chi connectivity index (χ2v) is 6.09. The predicted octanol–water partition coefficient (Wildman–Crippen LogP) is 3.48. The maximum absolute atomic E-state index is 5.87. The maximum atomic E-state index is 5.87. The molecule has 1 N–H and O–H groups in total. The van der Waals surface area contributed by atoms with Gasteiger partial charge in [-0.3, -0.25) is 0 Å². The Morgan fingerprint density at radius 3 is 2.42 bits per heavy atom. The molecule has 0 aromatic carbocycles. The zero-order valence-corrected chi connectivity index (χ0v) is 13.2. The van der Waals surface area contributed by atoms with Crippen molar-refractivity contribution in [3.8, 4) is 5.88 Å². The Kier molecular flexibility index (Phi) is 6.29. The average molecular weight is 264 g/mol. The van der Waals surface area contributed by atoms with Crippen LogP contribution in [0.2, 0.25) is 0 Å². The van der Waals surface area contributed by atoms with Crippen LogP contribution in [0.1, 0.15) is 44.5 Å². The van der Waals surface area contributed by atoms with E-state index in [0.29, 0.717) is 18.4 Å². The van der Waals surface area contributed by atoms with Crippen LogP contribution in [-0.4, -0.2) is 18.1 Å². The van der Waals surface area contributed by atoms with Gasteiger partial charge in [0, 0.05) is 17.8 Å². The average Bonchev–Trinajstić information content (AvgIpc) is 2.28. The molecule has 1 aromatic rings. The van der Waals surface area contributed by atoms with Crippen LogP contribution in [-0.2, 0) is 6.54 Å². The first kappa shape index (κ1) is 16.0. The fourth-order valence-electron chi connectivity index (χ4n) is 1.89. The lowest BCUT2D eigenvalue weighted by Gasteiger charge is -2.16. The van der Waals surface area contributed by atoms with E-state index in [-0.39, 0.29) is 0 Å². The molecule has 1 rings (SSSR count). The fraction of sp³-hybridized carbons (Fsp3) is 0.688. The number of pyridine rings is 1. The van der Waals surface area contributed by atoms with Gasteiger partial charge in [-0.15, -0.1) is 0 Å². The van der Waals surface area contributed by atoms with Crippen molar-refractivity contribution in [2.24, 2.45) is 11.8 Å². The van der Waals surface area contributed by atoms with Gasteiger partial charge in [0.2, 0.25) is 5.88 Å². The molecule has 1 heterocycles.